The predicted molar refractivity (Wildman–Crippen MR) is 69.7 cm³/mol. The third-order valence-corrected chi connectivity index (χ3v) is 4.47. The first-order valence-electron chi connectivity index (χ1n) is 6.22. The Morgan fingerprint density at radius 2 is 2.00 bits per heavy atom. The molecule has 0 N–H and O–H groups in total. The molecule has 1 aromatic rings. The summed E-state index contributed by atoms with van der Waals surface area (Å²) < 4.78 is 10.2. The zero-order valence-corrected chi connectivity index (χ0v) is 11.7. The summed E-state index contributed by atoms with van der Waals surface area (Å²) in [7, 11) is 0. The first-order valence-corrected chi connectivity index (χ1v) is 8.05. The molecule has 0 saturated carbocycles. The van der Waals surface area contributed by atoms with Crippen LogP contribution in [0.15, 0.2) is 40.5 Å². The van der Waals surface area contributed by atoms with Gasteiger partial charge in [-0.15, -0.1) is 0 Å². The molecular formula is C14H20Te. The second-order valence-corrected chi connectivity index (χ2v) is 6.19. The summed E-state index contributed by atoms with van der Waals surface area (Å²) in [6, 6.07) is 10.4. The summed E-state index contributed by atoms with van der Waals surface area (Å²) in [5.41, 5.74) is 0. The van der Waals surface area contributed by atoms with Gasteiger partial charge in [0.05, 0.1) is 0 Å². The van der Waals surface area contributed by atoms with Crippen molar-refractivity contribution >= 4 is 24.5 Å². The third-order valence-electron chi connectivity index (χ3n) is 2.21. The monoisotopic (exact) mass is 319 g/mol. The van der Waals surface area contributed by atoms with Crippen molar-refractivity contribution < 1.29 is 1.37 Å². The van der Waals surface area contributed by atoms with Crippen LogP contribution >= 0.6 is 0 Å². The Morgan fingerprint density at radius 3 is 2.73 bits per heavy atom. The van der Waals surface area contributed by atoms with Crippen LogP contribution in [0, 0.1) is 0 Å². The molecular weight excluding hydrogens is 296 g/mol. The molecule has 0 spiro atoms. The number of unbranched alkanes of at least 4 members (excludes halogenated alkanes) is 4. The summed E-state index contributed by atoms with van der Waals surface area (Å²) >= 11 is -0.417. The molecule has 0 radical (unpaired) electrons. The fraction of sp³-hybridized carbons (Fsp3) is 0.429. The van der Waals surface area contributed by atoms with Gasteiger partial charge >= 0.3 is 105 Å². The molecule has 0 bridgehead atoms. The molecule has 0 amide bonds. The van der Waals surface area contributed by atoms with E-state index in [9.17, 15) is 0 Å². The van der Waals surface area contributed by atoms with Gasteiger partial charge in [-0.3, -0.25) is 0 Å². The van der Waals surface area contributed by atoms with E-state index in [1.807, 2.05) is 6.07 Å². The average molecular weight is 317 g/mol. The number of rotatable bonds is 7. The van der Waals surface area contributed by atoms with Gasteiger partial charge in [0.1, 0.15) is 0 Å². The third kappa shape index (κ3) is 6.77. The Hall–Kier alpha value is -0.250. The van der Waals surface area contributed by atoms with Crippen LogP contribution in [-0.4, -0.2) is 20.9 Å². The molecule has 0 saturated heterocycles. The summed E-state index contributed by atoms with van der Waals surface area (Å²) in [6.45, 7) is 2.23. The molecule has 0 aromatic heterocycles. The second kappa shape index (κ2) is 9.01. The van der Waals surface area contributed by atoms with Gasteiger partial charge in [-0.05, 0) is 0 Å². The standard InChI is InChI=1S/C14H20Te/c1-2-3-4-5-6-10-13-15-14-11-8-7-9-12-14/h7-13H,2-6H2,1H3/b13-10-/i13D. The number of hydrogen-bond acceptors (Lipinski definition) is 0. The molecule has 1 rings (SSSR count). The topological polar surface area (TPSA) is 0 Å². The molecule has 82 valence electrons. The maximum atomic E-state index is 7.91. The van der Waals surface area contributed by atoms with E-state index >= 15 is 0 Å². The molecule has 0 aliphatic heterocycles. The minimum absolute atomic E-state index is 0.417. The van der Waals surface area contributed by atoms with Crippen LogP contribution in [0.1, 0.15) is 40.4 Å². The first kappa shape index (κ1) is 11.2. The van der Waals surface area contributed by atoms with Crippen molar-refractivity contribution in [2.75, 3.05) is 0 Å². The molecule has 0 aliphatic carbocycles. The van der Waals surface area contributed by atoms with Crippen LogP contribution in [-0.2, 0) is 0 Å². The van der Waals surface area contributed by atoms with Gasteiger partial charge in [-0.1, -0.05) is 0 Å². The van der Waals surface area contributed by atoms with Crippen molar-refractivity contribution in [1.29, 1.82) is 0 Å². The second-order valence-electron chi connectivity index (χ2n) is 3.59. The van der Waals surface area contributed by atoms with Crippen molar-refractivity contribution in [3.63, 3.8) is 0 Å². The number of benzene rings is 1. The minimum atomic E-state index is -0.417. The van der Waals surface area contributed by atoms with Crippen molar-refractivity contribution in [3.05, 3.63) is 40.5 Å². The molecule has 1 aromatic carbocycles. The average Bonchev–Trinajstić information content (AvgIpc) is 2.30. The zero-order chi connectivity index (χ0) is 11.6. The predicted octanol–water partition coefficient (Wildman–Crippen LogP) is 3.50. The SMILES string of the molecule is [2H]/C(=C/CCCCCC)[Te]c1ccccc1. The molecule has 0 nitrogen and oxygen atoms in total. The molecule has 0 fully saturated rings. The fourth-order valence-electron chi connectivity index (χ4n) is 1.33. The Labute approximate surface area is 105 Å². The van der Waals surface area contributed by atoms with Gasteiger partial charge in [0.15, 0.2) is 0 Å². The Bertz CT molecular complexity index is 306. The van der Waals surface area contributed by atoms with Gasteiger partial charge in [0.2, 0.25) is 0 Å². The quantitative estimate of drug-likeness (QED) is 0.533. The van der Waals surface area contributed by atoms with E-state index < -0.39 is 20.9 Å². The molecule has 1 heteroatoms. The van der Waals surface area contributed by atoms with Crippen LogP contribution in [0.4, 0.5) is 0 Å². The van der Waals surface area contributed by atoms with E-state index in [2.05, 4.69) is 37.3 Å². The van der Waals surface area contributed by atoms with E-state index in [0.29, 0.717) is 0 Å². The summed E-state index contributed by atoms with van der Waals surface area (Å²) in [5, 5.41) is 0. The van der Waals surface area contributed by atoms with Crippen LogP contribution < -0.4 is 3.61 Å². The summed E-state index contributed by atoms with van der Waals surface area (Å²) in [6.07, 6.45) is 8.40. The number of allylic oxidation sites excluding steroid dienone is 1. The molecule has 15 heavy (non-hydrogen) atoms. The van der Waals surface area contributed by atoms with Crippen LogP contribution in [0.25, 0.3) is 0 Å². The van der Waals surface area contributed by atoms with Gasteiger partial charge in [-0.25, -0.2) is 0 Å². The van der Waals surface area contributed by atoms with Crippen molar-refractivity contribution in [1.82, 2.24) is 0 Å². The maximum absolute atomic E-state index is 7.91. The molecule has 0 unspecified atom stereocenters. The van der Waals surface area contributed by atoms with Crippen molar-refractivity contribution in [2.24, 2.45) is 0 Å². The van der Waals surface area contributed by atoms with E-state index in [1.54, 1.807) is 0 Å². The van der Waals surface area contributed by atoms with Crippen LogP contribution in [0.5, 0.6) is 0 Å². The van der Waals surface area contributed by atoms with Gasteiger partial charge in [0, 0.05) is 0 Å². The normalized spacial score (nSPS) is 12.6. The van der Waals surface area contributed by atoms with Crippen LogP contribution in [0.2, 0.25) is 0 Å². The number of hydrogen-bond donors (Lipinski definition) is 0. The van der Waals surface area contributed by atoms with Crippen LogP contribution in [0.3, 0.4) is 0 Å². The Balaban J connectivity index is 2.24. The van der Waals surface area contributed by atoms with E-state index in [-0.39, 0.29) is 0 Å². The van der Waals surface area contributed by atoms with E-state index in [4.69, 9.17) is 1.37 Å². The van der Waals surface area contributed by atoms with Crippen molar-refractivity contribution in [3.8, 4) is 0 Å². The van der Waals surface area contributed by atoms with E-state index in [1.165, 1.54) is 29.3 Å². The molecule has 0 heterocycles. The molecule has 0 atom stereocenters. The summed E-state index contributed by atoms with van der Waals surface area (Å²) in [5.74, 6) is 0. The first-order chi connectivity index (χ1) is 7.83. The van der Waals surface area contributed by atoms with Gasteiger partial charge in [-0.2, -0.15) is 0 Å². The fourth-order valence-corrected chi connectivity index (χ4v) is 3.13. The summed E-state index contributed by atoms with van der Waals surface area (Å²) in [4.78, 5) is 0. The van der Waals surface area contributed by atoms with E-state index in [0.717, 1.165) is 10.5 Å². The van der Waals surface area contributed by atoms with Gasteiger partial charge in [0.25, 0.3) is 0 Å². The molecule has 0 aliphatic rings. The zero-order valence-electron chi connectivity index (χ0n) is 10.4. The van der Waals surface area contributed by atoms with Crippen molar-refractivity contribution in [2.45, 2.75) is 39.0 Å². The Morgan fingerprint density at radius 1 is 1.20 bits per heavy atom. The van der Waals surface area contributed by atoms with Gasteiger partial charge < -0.3 is 0 Å². The Kier molecular flexibility index (Phi) is 6.75.